The Morgan fingerprint density at radius 1 is 1.19 bits per heavy atom. The third kappa shape index (κ3) is 4.08. The summed E-state index contributed by atoms with van der Waals surface area (Å²) in [5.74, 6) is 2.85. The lowest BCUT2D eigenvalue weighted by Crippen LogP contribution is -2.36. The van der Waals surface area contributed by atoms with E-state index in [4.69, 9.17) is 0 Å². The first-order chi connectivity index (χ1) is 7.71. The lowest BCUT2D eigenvalue weighted by Gasteiger charge is -2.27. The predicted octanol–water partition coefficient (Wildman–Crippen LogP) is 4.23. The summed E-state index contributed by atoms with van der Waals surface area (Å²) in [6.07, 6.45) is 8.51. The third-order valence-corrected chi connectivity index (χ3v) is 4.55. The molecule has 0 bridgehead atoms. The van der Waals surface area contributed by atoms with E-state index in [0.717, 1.165) is 30.3 Å². The molecule has 96 valence electrons. The Balaban J connectivity index is 2.43. The molecule has 4 unspecified atom stereocenters. The van der Waals surface area contributed by atoms with Crippen molar-refractivity contribution in [2.24, 2.45) is 17.8 Å². The van der Waals surface area contributed by atoms with Gasteiger partial charge >= 0.3 is 0 Å². The number of hydrogen-bond acceptors (Lipinski definition) is 1. The van der Waals surface area contributed by atoms with Gasteiger partial charge in [-0.25, -0.2) is 0 Å². The van der Waals surface area contributed by atoms with E-state index in [0.29, 0.717) is 0 Å². The van der Waals surface area contributed by atoms with Crippen molar-refractivity contribution in [3.63, 3.8) is 0 Å². The van der Waals surface area contributed by atoms with Gasteiger partial charge in [-0.3, -0.25) is 0 Å². The van der Waals surface area contributed by atoms with Crippen LogP contribution in [0.2, 0.25) is 0 Å². The summed E-state index contributed by atoms with van der Waals surface area (Å²) >= 11 is 0. The number of hydrogen-bond donors (Lipinski definition) is 1. The van der Waals surface area contributed by atoms with Gasteiger partial charge in [0.15, 0.2) is 0 Å². The smallest absolute Gasteiger partial charge is 0.00978 e. The molecule has 1 saturated carbocycles. The average Bonchev–Trinajstić information content (AvgIpc) is 2.76. The molecular weight excluding hydrogens is 194 g/mol. The molecule has 0 heterocycles. The first-order valence-electron chi connectivity index (χ1n) is 7.44. The topological polar surface area (TPSA) is 12.0 Å². The molecular formula is C15H31N. The van der Waals surface area contributed by atoms with Crippen LogP contribution in [-0.2, 0) is 0 Å². The van der Waals surface area contributed by atoms with Gasteiger partial charge < -0.3 is 5.32 Å². The van der Waals surface area contributed by atoms with Crippen molar-refractivity contribution < 1.29 is 0 Å². The van der Waals surface area contributed by atoms with Gasteiger partial charge in [0, 0.05) is 6.04 Å². The fourth-order valence-electron chi connectivity index (χ4n) is 3.15. The van der Waals surface area contributed by atoms with E-state index in [9.17, 15) is 0 Å². The highest BCUT2D eigenvalue weighted by Gasteiger charge is 2.29. The van der Waals surface area contributed by atoms with Crippen LogP contribution in [0.25, 0.3) is 0 Å². The Labute approximate surface area is 102 Å². The fraction of sp³-hybridized carbons (Fsp3) is 1.00. The highest BCUT2D eigenvalue weighted by atomic mass is 14.9. The number of rotatable bonds is 7. The minimum atomic E-state index is 0.788. The summed E-state index contributed by atoms with van der Waals surface area (Å²) in [5, 5.41) is 3.73. The summed E-state index contributed by atoms with van der Waals surface area (Å²) in [7, 11) is 0. The molecule has 0 aliphatic heterocycles. The van der Waals surface area contributed by atoms with E-state index >= 15 is 0 Å². The minimum Gasteiger partial charge on any atom is -0.314 e. The molecule has 1 N–H and O–H groups in total. The van der Waals surface area contributed by atoms with Gasteiger partial charge in [-0.05, 0) is 43.6 Å². The van der Waals surface area contributed by atoms with Crippen molar-refractivity contribution in [2.75, 3.05) is 6.54 Å². The maximum Gasteiger partial charge on any atom is 0.00978 e. The van der Waals surface area contributed by atoms with Crippen LogP contribution in [0, 0.1) is 17.8 Å². The van der Waals surface area contributed by atoms with E-state index in [1.165, 1.54) is 38.5 Å². The van der Waals surface area contributed by atoms with Gasteiger partial charge in [0.05, 0.1) is 0 Å². The molecule has 1 aliphatic carbocycles. The molecule has 16 heavy (non-hydrogen) atoms. The quantitative estimate of drug-likeness (QED) is 0.684. The van der Waals surface area contributed by atoms with E-state index in [-0.39, 0.29) is 0 Å². The van der Waals surface area contributed by atoms with Crippen molar-refractivity contribution in [1.29, 1.82) is 0 Å². The normalized spacial score (nSPS) is 29.2. The van der Waals surface area contributed by atoms with Gasteiger partial charge in [-0.2, -0.15) is 0 Å². The van der Waals surface area contributed by atoms with Crippen molar-refractivity contribution in [1.82, 2.24) is 5.32 Å². The van der Waals surface area contributed by atoms with Crippen LogP contribution >= 0.6 is 0 Å². The van der Waals surface area contributed by atoms with Crippen LogP contribution in [0.5, 0.6) is 0 Å². The zero-order valence-electron chi connectivity index (χ0n) is 11.8. The highest BCUT2D eigenvalue weighted by Crippen LogP contribution is 2.36. The second kappa shape index (κ2) is 7.32. The van der Waals surface area contributed by atoms with Crippen LogP contribution in [0.15, 0.2) is 0 Å². The molecule has 4 atom stereocenters. The summed E-state index contributed by atoms with van der Waals surface area (Å²) in [6.45, 7) is 10.4. The van der Waals surface area contributed by atoms with Crippen LogP contribution in [0.1, 0.15) is 66.2 Å². The Hall–Kier alpha value is -0.0400. The molecule has 0 aromatic heterocycles. The minimum absolute atomic E-state index is 0.788. The standard InChI is InChI=1S/C15H31N/c1-5-12(4)10-15(16-7-3)14-9-8-13(6-2)11-14/h12-16H,5-11H2,1-4H3. The molecule has 0 aromatic carbocycles. The SMILES string of the molecule is CCNC(CC(C)CC)C1CCC(CC)C1. The van der Waals surface area contributed by atoms with E-state index in [2.05, 4.69) is 33.0 Å². The third-order valence-electron chi connectivity index (χ3n) is 4.55. The van der Waals surface area contributed by atoms with Crippen molar-refractivity contribution in [3.8, 4) is 0 Å². The molecule has 1 heteroatoms. The second-order valence-electron chi connectivity index (χ2n) is 5.76. The molecule has 1 rings (SSSR count). The molecule has 0 aromatic rings. The Morgan fingerprint density at radius 2 is 1.94 bits per heavy atom. The first-order valence-corrected chi connectivity index (χ1v) is 7.44. The van der Waals surface area contributed by atoms with Gasteiger partial charge in [0.2, 0.25) is 0 Å². The van der Waals surface area contributed by atoms with E-state index in [1.54, 1.807) is 0 Å². The summed E-state index contributed by atoms with van der Waals surface area (Å²) < 4.78 is 0. The Kier molecular flexibility index (Phi) is 6.41. The van der Waals surface area contributed by atoms with Crippen LogP contribution in [-0.4, -0.2) is 12.6 Å². The van der Waals surface area contributed by atoms with E-state index < -0.39 is 0 Å². The van der Waals surface area contributed by atoms with Crippen LogP contribution in [0.4, 0.5) is 0 Å². The summed E-state index contributed by atoms with van der Waals surface area (Å²) in [4.78, 5) is 0. The van der Waals surface area contributed by atoms with Crippen molar-refractivity contribution in [2.45, 2.75) is 72.3 Å². The molecule has 0 saturated heterocycles. The molecule has 0 spiro atoms. The number of nitrogens with one attached hydrogen (secondary N) is 1. The summed E-state index contributed by atoms with van der Waals surface area (Å²) in [6, 6.07) is 0.788. The maximum absolute atomic E-state index is 3.73. The monoisotopic (exact) mass is 225 g/mol. The molecule has 1 fully saturated rings. The summed E-state index contributed by atoms with van der Waals surface area (Å²) in [5.41, 5.74) is 0. The first kappa shape index (κ1) is 14.0. The van der Waals surface area contributed by atoms with Gasteiger partial charge in [-0.15, -0.1) is 0 Å². The Morgan fingerprint density at radius 3 is 2.44 bits per heavy atom. The maximum atomic E-state index is 3.73. The largest absolute Gasteiger partial charge is 0.314 e. The average molecular weight is 225 g/mol. The lowest BCUT2D eigenvalue weighted by molar-refractivity contribution is 0.295. The zero-order valence-corrected chi connectivity index (χ0v) is 11.8. The van der Waals surface area contributed by atoms with Crippen LogP contribution < -0.4 is 5.32 Å². The highest BCUT2D eigenvalue weighted by molar-refractivity contribution is 4.85. The Bertz CT molecular complexity index is 178. The molecule has 0 amide bonds. The second-order valence-corrected chi connectivity index (χ2v) is 5.76. The van der Waals surface area contributed by atoms with Crippen molar-refractivity contribution in [3.05, 3.63) is 0 Å². The molecule has 0 radical (unpaired) electrons. The van der Waals surface area contributed by atoms with Gasteiger partial charge in [0.25, 0.3) is 0 Å². The van der Waals surface area contributed by atoms with Crippen molar-refractivity contribution >= 4 is 0 Å². The molecule has 1 aliphatic rings. The molecule has 1 nitrogen and oxygen atoms in total. The van der Waals surface area contributed by atoms with Gasteiger partial charge in [-0.1, -0.05) is 47.0 Å². The zero-order chi connectivity index (χ0) is 12.0. The lowest BCUT2D eigenvalue weighted by atomic mass is 9.88. The fourth-order valence-corrected chi connectivity index (χ4v) is 3.15. The predicted molar refractivity (Wildman–Crippen MR) is 72.7 cm³/mol. The van der Waals surface area contributed by atoms with E-state index in [1.807, 2.05) is 0 Å². The van der Waals surface area contributed by atoms with Crippen LogP contribution in [0.3, 0.4) is 0 Å². The van der Waals surface area contributed by atoms with Gasteiger partial charge in [0.1, 0.15) is 0 Å².